The van der Waals surface area contributed by atoms with Gasteiger partial charge in [-0.1, -0.05) is 18.9 Å². The molecule has 178 valence electrons. The molecule has 1 aromatic carbocycles. The third-order valence-corrected chi connectivity index (χ3v) is 7.13. The molecule has 2 aliphatic heterocycles. The summed E-state index contributed by atoms with van der Waals surface area (Å²) in [5.41, 5.74) is 0.147. The summed E-state index contributed by atoms with van der Waals surface area (Å²) in [5, 5.41) is 3.28. The van der Waals surface area contributed by atoms with Crippen molar-refractivity contribution in [1.29, 1.82) is 0 Å². The van der Waals surface area contributed by atoms with Crippen LogP contribution in [0.5, 0.6) is 11.5 Å². The molecule has 1 saturated carbocycles. The summed E-state index contributed by atoms with van der Waals surface area (Å²) in [5.74, 6) is 1.98. The lowest BCUT2D eigenvalue weighted by Crippen LogP contribution is -2.44. The number of halogens is 1. The Bertz CT molecular complexity index is 759. The molecule has 3 aliphatic rings. The molecular formula is C26H39FN2O3. The van der Waals surface area contributed by atoms with E-state index in [2.05, 4.69) is 16.3 Å². The highest BCUT2D eigenvalue weighted by molar-refractivity contribution is 5.76. The van der Waals surface area contributed by atoms with Gasteiger partial charge in [-0.05, 0) is 88.6 Å². The Hall–Kier alpha value is -1.82. The fraction of sp³-hybridized carbons (Fsp3) is 0.731. The lowest BCUT2D eigenvalue weighted by atomic mass is 9.95. The highest BCUT2D eigenvalue weighted by Gasteiger charge is 2.41. The maximum atomic E-state index is 14.4. The first-order chi connectivity index (χ1) is 15.5. The van der Waals surface area contributed by atoms with Crippen molar-refractivity contribution in [2.24, 2.45) is 5.92 Å². The van der Waals surface area contributed by atoms with Crippen LogP contribution in [-0.4, -0.2) is 55.4 Å². The van der Waals surface area contributed by atoms with Crippen molar-refractivity contribution < 1.29 is 18.7 Å². The quantitative estimate of drug-likeness (QED) is 0.474. The van der Waals surface area contributed by atoms with Crippen molar-refractivity contribution in [2.45, 2.75) is 82.8 Å². The second-order valence-corrected chi connectivity index (χ2v) is 10.1. The number of fused-ring (bicyclic) bond motifs is 1. The van der Waals surface area contributed by atoms with Crippen LogP contribution in [-0.2, 0) is 11.2 Å². The van der Waals surface area contributed by atoms with E-state index in [1.807, 2.05) is 12.1 Å². The van der Waals surface area contributed by atoms with Gasteiger partial charge in [-0.2, -0.15) is 0 Å². The molecule has 5 nitrogen and oxygen atoms in total. The van der Waals surface area contributed by atoms with Gasteiger partial charge in [0.25, 0.3) is 0 Å². The van der Waals surface area contributed by atoms with Gasteiger partial charge < -0.3 is 19.7 Å². The SMILES string of the molecule is C[C@](F)(CCCCCC(=O)N[C@@H](Cc1ccc2c(c1)OCCO2)CN1CCCC1)C1CC1. The van der Waals surface area contributed by atoms with Gasteiger partial charge >= 0.3 is 0 Å². The average Bonchev–Trinajstić information content (AvgIpc) is 3.52. The number of rotatable bonds is 12. The van der Waals surface area contributed by atoms with Gasteiger partial charge in [0.05, 0.1) is 0 Å². The number of carbonyl (C=O) groups is 1. The number of likely N-dealkylation sites (tertiary alicyclic amines) is 1. The number of carbonyl (C=O) groups excluding carboxylic acids is 1. The van der Waals surface area contributed by atoms with Crippen molar-refractivity contribution in [3.63, 3.8) is 0 Å². The molecule has 0 bridgehead atoms. The summed E-state index contributed by atoms with van der Waals surface area (Å²) >= 11 is 0. The van der Waals surface area contributed by atoms with Crippen molar-refractivity contribution in [2.75, 3.05) is 32.8 Å². The van der Waals surface area contributed by atoms with Gasteiger partial charge in [0.2, 0.25) is 5.91 Å². The molecule has 1 amide bonds. The van der Waals surface area contributed by atoms with Crippen LogP contribution in [0.25, 0.3) is 0 Å². The molecule has 0 spiro atoms. The number of nitrogens with one attached hydrogen (secondary N) is 1. The van der Waals surface area contributed by atoms with Crippen LogP contribution >= 0.6 is 0 Å². The van der Waals surface area contributed by atoms with E-state index in [1.165, 1.54) is 12.8 Å². The summed E-state index contributed by atoms with van der Waals surface area (Å²) in [4.78, 5) is 15.1. The predicted molar refractivity (Wildman–Crippen MR) is 124 cm³/mol. The van der Waals surface area contributed by atoms with Crippen molar-refractivity contribution >= 4 is 5.91 Å². The van der Waals surface area contributed by atoms with Crippen LogP contribution in [0.15, 0.2) is 18.2 Å². The van der Waals surface area contributed by atoms with E-state index in [-0.39, 0.29) is 17.9 Å². The van der Waals surface area contributed by atoms with Crippen LogP contribution in [0.1, 0.15) is 70.3 Å². The van der Waals surface area contributed by atoms with Crippen LogP contribution in [0.4, 0.5) is 4.39 Å². The summed E-state index contributed by atoms with van der Waals surface area (Å²) in [6, 6.07) is 6.17. The third kappa shape index (κ3) is 6.84. The number of nitrogens with zero attached hydrogens (tertiary/aromatic N) is 1. The Kier molecular flexibility index (Phi) is 7.93. The maximum absolute atomic E-state index is 14.4. The number of ether oxygens (including phenoxy) is 2. The Morgan fingerprint density at radius 2 is 1.91 bits per heavy atom. The standard InChI is InChI=1S/C26H39FN2O3/c1-26(27,21-9-10-21)12-4-2-3-7-25(30)28-22(19-29-13-5-6-14-29)17-20-8-11-23-24(18-20)32-16-15-31-23/h8,11,18,21-22H,2-7,9-10,12-17,19H2,1H3,(H,28,30)/t22-,26-/m0/s1. The van der Waals surface area contributed by atoms with Crippen LogP contribution in [0, 0.1) is 5.92 Å². The third-order valence-electron chi connectivity index (χ3n) is 7.13. The molecule has 4 rings (SSSR count). The lowest BCUT2D eigenvalue weighted by Gasteiger charge is -2.25. The van der Waals surface area contributed by atoms with E-state index < -0.39 is 5.67 Å². The molecule has 0 radical (unpaired) electrons. The van der Waals surface area contributed by atoms with E-state index in [1.54, 1.807) is 6.92 Å². The summed E-state index contributed by atoms with van der Waals surface area (Å²) in [6.07, 6.45) is 9.08. The van der Waals surface area contributed by atoms with Crippen LogP contribution in [0.3, 0.4) is 0 Å². The molecule has 0 unspecified atom stereocenters. The zero-order valence-corrected chi connectivity index (χ0v) is 19.5. The van der Waals surface area contributed by atoms with Crippen LogP contribution < -0.4 is 14.8 Å². The molecule has 1 saturated heterocycles. The molecule has 2 atom stereocenters. The van der Waals surface area contributed by atoms with Crippen LogP contribution in [0.2, 0.25) is 0 Å². The predicted octanol–water partition coefficient (Wildman–Crippen LogP) is 4.67. The fourth-order valence-electron chi connectivity index (χ4n) is 5.06. The van der Waals surface area contributed by atoms with Crippen molar-refractivity contribution in [3.8, 4) is 11.5 Å². The minimum absolute atomic E-state index is 0.0761. The zero-order chi connectivity index (χ0) is 22.4. The van der Waals surface area contributed by atoms with Gasteiger partial charge in [-0.3, -0.25) is 4.79 Å². The van der Waals surface area contributed by atoms with Crippen molar-refractivity contribution in [3.05, 3.63) is 23.8 Å². The van der Waals surface area contributed by atoms with E-state index in [9.17, 15) is 9.18 Å². The normalized spacial score (nSPS) is 21.2. The van der Waals surface area contributed by atoms with Crippen molar-refractivity contribution in [1.82, 2.24) is 10.2 Å². The van der Waals surface area contributed by atoms with E-state index in [4.69, 9.17) is 9.47 Å². The molecule has 6 heteroatoms. The molecule has 1 aromatic rings. The number of amides is 1. The van der Waals surface area contributed by atoms with E-state index in [0.29, 0.717) is 26.1 Å². The highest BCUT2D eigenvalue weighted by atomic mass is 19.1. The van der Waals surface area contributed by atoms with Gasteiger partial charge in [0.1, 0.15) is 18.9 Å². The molecule has 1 N–H and O–H groups in total. The first-order valence-electron chi connectivity index (χ1n) is 12.6. The number of hydrogen-bond acceptors (Lipinski definition) is 4. The molecule has 2 heterocycles. The Balaban J connectivity index is 1.24. The Morgan fingerprint density at radius 1 is 1.16 bits per heavy atom. The lowest BCUT2D eigenvalue weighted by molar-refractivity contribution is -0.122. The summed E-state index contributed by atoms with van der Waals surface area (Å²) in [6.45, 7) is 6.00. The zero-order valence-electron chi connectivity index (χ0n) is 19.5. The highest BCUT2D eigenvalue weighted by Crippen LogP contribution is 2.44. The molecule has 0 aromatic heterocycles. The first-order valence-corrected chi connectivity index (χ1v) is 12.6. The van der Waals surface area contributed by atoms with Gasteiger partial charge in [0.15, 0.2) is 11.5 Å². The topological polar surface area (TPSA) is 50.8 Å². The number of unbranched alkanes of at least 4 members (excludes halogenated alkanes) is 2. The summed E-state index contributed by atoms with van der Waals surface area (Å²) in [7, 11) is 0. The molecule has 2 fully saturated rings. The minimum Gasteiger partial charge on any atom is -0.486 e. The Morgan fingerprint density at radius 3 is 2.66 bits per heavy atom. The van der Waals surface area contributed by atoms with Gasteiger partial charge in [0, 0.05) is 19.0 Å². The second kappa shape index (κ2) is 10.9. The monoisotopic (exact) mass is 446 g/mol. The second-order valence-electron chi connectivity index (χ2n) is 10.1. The molecular weight excluding hydrogens is 407 g/mol. The molecule has 1 aliphatic carbocycles. The molecule has 32 heavy (non-hydrogen) atoms. The maximum Gasteiger partial charge on any atom is 0.220 e. The van der Waals surface area contributed by atoms with E-state index >= 15 is 0 Å². The minimum atomic E-state index is -1.01. The largest absolute Gasteiger partial charge is 0.486 e. The smallest absolute Gasteiger partial charge is 0.220 e. The summed E-state index contributed by atoms with van der Waals surface area (Å²) < 4.78 is 25.8. The number of benzene rings is 1. The van der Waals surface area contributed by atoms with Gasteiger partial charge in [-0.25, -0.2) is 4.39 Å². The number of alkyl halides is 1. The van der Waals surface area contributed by atoms with E-state index in [0.717, 1.165) is 75.2 Å². The number of hydrogen-bond donors (Lipinski definition) is 1. The first kappa shape index (κ1) is 23.3. The fourth-order valence-corrected chi connectivity index (χ4v) is 5.06. The average molecular weight is 447 g/mol. The Labute approximate surface area is 192 Å². The van der Waals surface area contributed by atoms with Gasteiger partial charge in [-0.15, -0.1) is 0 Å².